The third kappa shape index (κ3) is 4.52. The first-order valence-electron chi connectivity index (χ1n) is 4.82. The molecule has 0 radical (unpaired) electrons. The molecule has 0 saturated carbocycles. The van der Waals surface area contributed by atoms with Crippen LogP contribution in [0.4, 0.5) is 0 Å². The van der Waals surface area contributed by atoms with E-state index in [1.54, 1.807) is 0 Å². The van der Waals surface area contributed by atoms with E-state index in [9.17, 15) is 4.79 Å². The van der Waals surface area contributed by atoms with E-state index in [0.29, 0.717) is 12.5 Å². The first-order chi connectivity index (χ1) is 6.33. The van der Waals surface area contributed by atoms with E-state index in [1.807, 2.05) is 11.8 Å². The van der Waals surface area contributed by atoms with Crippen LogP contribution in [0, 0.1) is 0 Å². The van der Waals surface area contributed by atoms with Crippen molar-refractivity contribution in [2.45, 2.75) is 25.3 Å². The van der Waals surface area contributed by atoms with Crippen molar-refractivity contribution in [2.24, 2.45) is 0 Å². The molecule has 1 aliphatic heterocycles. The predicted octanol–water partition coefficient (Wildman–Crippen LogP) is 0.608. The van der Waals surface area contributed by atoms with Gasteiger partial charge < -0.3 is 10.6 Å². The Morgan fingerprint density at radius 2 is 2.46 bits per heavy atom. The Balaban J connectivity index is 1.91. The van der Waals surface area contributed by atoms with Gasteiger partial charge in [-0.25, -0.2) is 0 Å². The summed E-state index contributed by atoms with van der Waals surface area (Å²) in [7, 11) is 0. The minimum atomic E-state index is 0.182. The van der Waals surface area contributed by atoms with E-state index in [-0.39, 0.29) is 5.91 Å². The number of unbranched alkanes of at least 4 members (excludes halogenated alkanes) is 1. The molecule has 2 N–H and O–H groups in total. The quantitative estimate of drug-likeness (QED) is 0.620. The van der Waals surface area contributed by atoms with Gasteiger partial charge in [-0.3, -0.25) is 4.79 Å². The molecule has 4 heteroatoms. The Kier molecular flexibility index (Phi) is 5.23. The highest BCUT2D eigenvalue weighted by Gasteiger charge is 2.19. The van der Waals surface area contributed by atoms with Crippen LogP contribution in [0.5, 0.6) is 0 Å². The molecule has 1 unspecified atom stereocenters. The first-order valence-corrected chi connectivity index (χ1v) is 6.21. The van der Waals surface area contributed by atoms with E-state index in [1.165, 1.54) is 18.6 Å². The normalized spacial score (nSPS) is 21.9. The fourth-order valence-electron chi connectivity index (χ4n) is 1.43. The van der Waals surface area contributed by atoms with Gasteiger partial charge in [0.05, 0.1) is 0 Å². The second kappa shape index (κ2) is 6.27. The van der Waals surface area contributed by atoms with Crippen molar-refractivity contribution in [1.82, 2.24) is 10.6 Å². The van der Waals surface area contributed by atoms with Gasteiger partial charge in [0.25, 0.3) is 0 Å². The van der Waals surface area contributed by atoms with Crippen LogP contribution in [0.2, 0.25) is 0 Å². The highest BCUT2D eigenvalue weighted by Crippen LogP contribution is 2.01. The maximum atomic E-state index is 10.8. The van der Waals surface area contributed by atoms with Crippen LogP contribution in [-0.2, 0) is 4.79 Å². The Hall–Kier alpha value is -0.220. The Labute approximate surface area is 84.0 Å². The van der Waals surface area contributed by atoms with Crippen LogP contribution in [0.25, 0.3) is 0 Å². The smallest absolute Gasteiger partial charge is 0.221 e. The number of amides is 1. The molecule has 1 rings (SSSR count). The SMILES string of the molecule is CSCCCCNC1CNC(=O)C1. The second-order valence-corrected chi connectivity index (χ2v) is 4.34. The third-order valence-corrected chi connectivity index (χ3v) is 2.88. The molecule has 0 aromatic heterocycles. The van der Waals surface area contributed by atoms with Crippen molar-refractivity contribution < 1.29 is 4.79 Å². The van der Waals surface area contributed by atoms with E-state index in [2.05, 4.69) is 16.9 Å². The van der Waals surface area contributed by atoms with E-state index in [0.717, 1.165) is 13.1 Å². The Bertz CT molecular complexity index is 164. The summed E-state index contributed by atoms with van der Waals surface area (Å²) in [6.45, 7) is 1.85. The molecule has 13 heavy (non-hydrogen) atoms. The molecule has 0 aliphatic carbocycles. The van der Waals surface area contributed by atoms with Crippen LogP contribution < -0.4 is 10.6 Å². The number of hydrogen-bond donors (Lipinski definition) is 2. The van der Waals surface area contributed by atoms with Crippen LogP contribution in [0.1, 0.15) is 19.3 Å². The number of carbonyl (C=O) groups excluding carboxylic acids is 1. The number of rotatable bonds is 6. The van der Waals surface area contributed by atoms with Crippen molar-refractivity contribution in [1.29, 1.82) is 0 Å². The van der Waals surface area contributed by atoms with Crippen molar-refractivity contribution in [2.75, 3.05) is 25.1 Å². The summed E-state index contributed by atoms with van der Waals surface area (Å²) in [6.07, 6.45) is 5.27. The first kappa shape index (κ1) is 10.9. The molecular formula is C9H18N2OS. The van der Waals surface area contributed by atoms with Crippen LogP contribution in [0.3, 0.4) is 0 Å². The number of carbonyl (C=O) groups is 1. The zero-order valence-electron chi connectivity index (χ0n) is 8.14. The summed E-state index contributed by atoms with van der Waals surface area (Å²) in [5, 5.41) is 6.19. The summed E-state index contributed by atoms with van der Waals surface area (Å²) < 4.78 is 0. The lowest BCUT2D eigenvalue weighted by atomic mass is 10.2. The summed E-state index contributed by atoms with van der Waals surface area (Å²) in [5.74, 6) is 1.42. The van der Waals surface area contributed by atoms with Crippen molar-refractivity contribution in [3.8, 4) is 0 Å². The monoisotopic (exact) mass is 202 g/mol. The van der Waals surface area contributed by atoms with E-state index < -0.39 is 0 Å². The van der Waals surface area contributed by atoms with Gasteiger partial charge >= 0.3 is 0 Å². The maximum absolute atomic E-state index is 10.8. The predicted molar refractivity (Wildman–Crippen MR) is 57.0 cm³/mol. The standard InChI is InChI=1S/C9H18N2OS/c1-13-5-3-2-4-10-8-6-9(12)11-7-8/h8,10H,2-7H2,1H3,(H,11,12). The minimum Gasteiger partial charge on any atom is -0.354 e. The second-order valence-electron chi connectivity index (χ2n) is 3.36. The summed E-state index contributed by atoms with van der Waals surface area (Å²) in [6, 6.07) is 0.377. The average Bonchev–Trinajstić information content (AvgIpc) is 2.51. The molecule has 0 aromatic carbocycles. The maximum Gasteiger partial charge on any atom is 0.221 e. The van der Waals surface area contributed by atoms with Crippen LogP contribution in [0.15, 0.2) is 0 Å². The Morgan fingerprint density at radius 3 is 3.08 bits per heavy atom. The zero-order valence-corrected chi connectivity index (χ0v) is 8.95. The van der Waals surface area contributed by atoms with Gasteiger partial charge in [-0.1, -0.05) is 0 Å². The van der Waals surface area contributed by atoms with Crippen LogP contribution >= 0.6 is 11.8 Å². The van der Waals surface area contributed by atoms with E-state index >= 15 is 0 Å². The van der Waals surface area contributed by atoms with Gasteiger partial charge in [0, 0.05) is 19.0 Å². The molecule has 1 atom stereocenters. The molecule has 76 valence electrons. The molecule has 0 aromatic rings. The topological polar surface area (TPSA) is 41.1 Å². The molecular weight excluding hydrogens is 184 g/mol. The molecule has 1 heterocycles. The largest absolute Gasteiger partial charge is 0.354 e. The van der Waals surface area contributed by atoms with Gasteiger partial charge in [0.15, 0.2) is 0 Å². The molecule has 0 spiro atoms. The highest BCUT2D eigenvalue weighted by molar-refractivity contribution is 7.98. The average molecular weight is 202 g/mol. The third-order valence-electron chi connectivity index (χ3n) is 2.19. The van der Waals surface area contributed by atoms with Crippen LogP contribution in [-0.4, -0.2) is 37.0 Å². The van der Waals surface area contributed by atoms with E-state index in [4.69, 9.17) is 0 Å². The molecule has 1 saturated heterocycles. The number of nitrogens with one attached hydrogen (secondary N) is 2. The minimum absolute atomic E-state index is 0.182. The molecule has 3 nitrogen and oxygen atoms in total. The summed E-state index contributed by atoms with van der Waals surface area (Å²) >= 11 is 1.89. The van der Waals surface area contributed by atoms with Gasteiger partial charge in [0.2, 0.25) is 5.91 Å². The molecule has 1 fully saturated rings. The Morgan fingerprint density at radius 1 is 1.62 bits per heavy atom. The lowest BCUT2D eigenvalue weighted by molar-refractivity contribution is -0.119. The fourth-order valence-corrected chi connectivity index (χ4v) is 1.92. The molecule has 1 amide bonds. The molecule has 1 aliphatic rings. The fraction of sp³-hybridized carbons (Fsp3) is 0.889. The lowest BCUT2D eigenvalue weighted by Crippen LogP contribution is -2.31. The summed E-state index contributed by atoms with van der Waals surface area (Å²) in [5.41, 5.74) is 0. The number of hydrogen-bond acceptors (Lipinski definition) is 3. The van der Waals surface area contributed by atoms with Gasteiger partial charge in [-0.05, 0) is 31.4 Å². The molecule has 0 bridgehead atoms. The van der Waals surface area contributed by atoms with Gasteiger partial charge in [-0.2, -0.15) is 11.8 Å². The van der Waals surface area contributed by atoms with Gasteiger partial charge in [0.1, 0.15) is 0 Å². The summed E-state index contributed by atoms with van der Waals surface area (Å²) in [4.78, 5) is 10.8. The van der Waals surface area contributed by atoms with Crippen molar-refractivity contribution >= 4 is 17.7 Å². The van der Waals surface area contributed by atoms with Gasteiger partial charge in [-0.15, -0.1) is 0 Å². The highest BCUT2D eigenvalue weighted by atomic mass is 32.2. The van der Waals surface area contributed by atoms with Crippen molar-refractivity contribution in [3.63, 3.8) is 0 Å². The number of thioether (sulfide) groups is 1. The van der Waals surface area contributed by atoms with Crippen molar-refractivity contribution in [3.05, 3.63) is 0 Å². The zero-order chi connectivity index (χ0) is 9.52. The lowest BCUT2D eigenvalue weighted by Gasteiger charge is -2.09.